The van der Waals surface area contributed by atoms with Gasteiger partial charge in [0.1, 0.15) is 0 Å². The average molecular weight is 276 g/mol. The molecule has 0 aliphatic heterocycles. The van der Waals surface area contributed by atoms with E-state index in [1.807, 2.05) is 13.1 Å². The molecule has 1 fully saturated rings. The van der Waals surface area contributed by atoms with Gasteiger partial charge in [-0.05, 0) is 64.1 Å². The zero-order chi connectivity index (χ0) is 13.6. The molecule has 0 amide bonds. The molecular formula is C14H20N4S. The summed E-state index contributed by atoms with van der Waals surface area (Å²) in [5, 5.41) is 0. The maximum Gasteiger partial charge on any atom is 0.179 e. The highest BCUT2D eigenvalue weighted by molar-refractivity contribution is 7.71. The number of rotatable bonds is 3. The molecule has 102 valence electrons. The van der Waals surface area contributed by atoms with Gasteiger partial charge in [-0.3, -0.25) is 4.57 Å². The standard InChI is InChI=1S/C14H20N4S/c1-10-7-11-12(15-8-10)18(13(19)16-11)9-14(17(2)3)5-4-6-14/h7-8H,4-6,9H2,1-3H3,(H,16,19). The number of nitrogens with one attached hydrogen (secondary N) is 1. The molecule has 0 unspecified atom stereocenters. The fourth-order valence-electron chi connectivity index (χ4n) is 2.92. The minimum atomic E-state index is 0.250. The first-order valence-corrected chi connectivity index (χ1v) is 7.15. The largest absolute Gasteiger partial charge is 0.329 e. The zero-order valence-electron chi connectivity index (χ0n) is 11.7. The Bertz CT molecular complexity index is 664. The normalized spacial score (nSPS) is 17.9. The molecule has 2 aromatic rings. The summed E-state index contributed by atoms with van der Waals surface area (Å²) in [7, 11) is 4.32. The third-order valence-corrected chi connectivity index (χ3v) is 4.75. The summed E-state index contributed by atoms with van der Waals surface area (Å²) in [5.74, 6) is 0. The van der Waals surface area contributed by atoms with Crippen LogP contribution in [-0.4, -0.2) is 39.1 Å². The van der Waals surface area contributed by atoms with Crippen molar-refractivity contribution in [3.63, 3.8) is 0 Å². The molecule has 0 saturated heterocycles. The van der Waals surface area contributed by atoms with Gasteiger partial charge in [0.2, 0.25) is 0 Å². The predicted octanol–water partition coefficient (Wildman–Crippen LogP) is 2.89. The van der Waals surface area contributed by atoms with E-state index in [1.54, 1.807) is 0 Å². The highest BCUT2D eigenvalue weighted by atomic mass is 32.1. The van der Waals surface area contributed by atoms with Gasteiger partial charge >= 0.3 is 0 Å². The molecule has 1 N–H and O–H groups in total. The Hall–Kier alpha value is -1.20. The minimum Gasteiger partial charge on any atom is -0.329 e. The van der Waals surface area contributed by atoms with E-state index in [9.17, 15) is 0 Å². The number of likely N-dealkylation sites (N-methyl/N-ethyl adjacent to an activating group) is 1. The summed E-state index contributed by atoms with van der Waals surface area (Å²) in [5.41, 5.74) is 3.42. The van der Waals surface area contributed by atoms with Crippen LogP contribution in [0.4, 0.5) is 0 Å². The van der Waals surface area contributed by atoms with Gasteiger partial charge < -0.3 is 9.88 Å². The van der Waals surface area contributed by atoms with E-state index in [2.05, 4.69) is 39.6 Å². The number of fused-ring (bicyclic) bond motifs is 1. The highest BCUT2D eigenvalue weighted by Gasteiger charge is 2.39. The van der Waals surface area contributed by atoms with Crippen molar-refractivity contribution in [2.45, 2.75) is 38.3 Å². The number of imidazole rings is 1. The fourth-order valence-corrected chi connectivity index (χ4v) is 3.18. The zero-order valence-corrected chi connectivity index (χ0v) is 12.5. The van der Waals surface area contributed by atoms with Crippen LogP contribution in [0.15, 0.2) is 12.3 Å². The van der Waals surface area contributed by atoms with Crippen molar-refractivity contribution in [1.29, 1.82) is 0 Å². The van der Waals surface area contributed by atoms with E-state index in [4.69, 9.17) is 12.2 Å². The predicted molar refractivity (Wildman–Crippen MR) is 79.9 cm³/mol. The monoisotopic (exact) mass is 276 g/mol. The molecule has 3 rings (SSSR count). The minimum absolute atomic E-state index is 0.250. The van der Waals surface area contributed by atoms with E-state index in [-0.39, 0.29) is 5.54 Å². The first-order chi connectivity index (χ1) is 9.02. The Morgan fingerprint density at radius 3 is 2.79 bits per heavy atom. The average Bonchev–Trinajstić information content (AvgIpc) is 2.58. The SMILES string of the molecule is Cc1cnc2c(c1)[nH]c(=S)n2CC1(N(C)C)CCC1. The summed E-state index contributed by atoms with van der Waals surface area (Å²) in [6.07, 6.45) is 5.69. The first-order valence-electron chi connectivity index (χ1n) is 6.74. The van der Waals surface area contributed by atoms with Crippen LogP contribution in [-0.2, 0) is 6.54 Å². The fraction of sp³-hybridized carbons (Fsp3) is 0.571. The quantitative estimate of drug-likeness (QED) is 0.876. The van der Waals surface area contributed by atoms with Crippen molar-refractivity contribution in [3.05, 3.63) is 22.6 Å². The Morgan fingerprint density at radius 2 is 2.21 bits per heavy atom. The number of pyridine rings is 1. The van der Waals surface area contributed by atoms with Gasteiger partial charge in [0.05, 0.1) is 5.52 Å². The van der Waals surface area contributed by atoms with Crippen molar-refractivity contribution >= 4 is 23.4 Å². The molecule has 4 nitrogen and oxygen atoms in total. The number of hydrogen-bond acceptors (Lipinski definition) is 3. The van der Waals surface area contributed by atoms with Gasteiger partial charge in [-0.15, -0.1) is 0 Å². The first kappa shape index (κ1) is 12.8. The topological polar surface area (TPSA) is 36.9 Å². The van der Waals surface area contributed by atoms with Crippen LogP contribution in [0, 0.1) is 11.7 Å². The van der Waals surface area contributed by atoms with Crippen LogP contribution in [0.3, 0.4) is 0 Å². The summed E-state index contributed by atoms with van der Waals surface area (Å²) in [4.78, 5) is 10.2. The Morgan fingerprint density at radius 1 is 1.47 bits per heavy atom. The molecule has 1 saturated carbocycles. The lowest BCUT2D eigenvalue weighted by atomic mass is 9.75. The third-order valence-electron chi connectivity index (χ3n) is 4.43. The number of hydrogen-bond donors (Lipinski definition) is 1. The van der Waals surface area contributed by atoms with E-state index in [0.717, 1.165) is 28.0 Å². The Kier molecular flexibility index (Phi) is 2.98. The number of aromatic amines is 1. The molecule has 0 aromatic carbocycles. The van der Waals surface area contributed by atoms with Gasteiger partial charge in [-0.1, -0.05) is 0 Å². The van der Waals surface area contributed by atoms with Crippen LogP contribution in [0.5, 0.6) is 0 Å². The molecule has 1 aliphatic rings. The summed E-state index contributed by atoms with van der Waals surface area (Å²) in [6.45, 7) is 2.98. The second kappa shape index (κ2) is 4.42. The van der Waals surface area contributed by atoms with Gasteiger partial charge in [0, 0.05) is 18.3 Å². The van der Waals surface area contributed by atoms with Gasteiger partial charge in [-0.25, -0.2) is 4.98 Å². The molecule has 0 atom stereocenters. The molecular weight excluding hydrogens is 256 g/mol. The van der Waals surface area contributed by atoms with Crippen LogP contribution < -0.4 is 0 Å². The number of aromatic nitrogens is 3. The van der Waals surface area contributed by atoms with Crippen LogP contribution in [0.2, 0.25) is 0 Å². The molecule has 0 bridgehead atoms. The van der Waals surface area contributed by atoms with Gasteiger partial charge in [0.25, 0.3) is 0 Å². The third kappa shape index (κ3) is 2.01. The van der Waals surface area contributed by atoms with Crippen LogP contribution in [0.1, 0.15) is 24.8 Å². The van der Waals surface area contributed by atoms with Crippen molar-refractivity contribution in [3.8, 4) is 0 Å². The maximum absolute atomic E-state index is 5.47. The number of H-pyrrole nitrogens is 1. The number of nitrogens with zero attached hydrogens (tertiary/aromatic N) is 3. The summed E-state index contributed by atoms with van der Waals surface area (Å²) >= 11 is 5.47. The number of aryl methyl sites for hydroxylation is 1. The summed E-state index contributed by atoms with van der Waals surface area (Å²) in [6, 6.07) is 2.11. The molecule has 2 aromatic heterocycles. The summed E-state index contributed by atoms with van der Waals surface area (Å²) < 4.78 is 2.93. The van der Waals surface area contributed by atoms with Crippen molar-refractivity contribution in [1.82, 2.24) is 19.4 Å². The lowest BCUT2D eigenvalue weighted by molar-refractivity contribution is 0.0430. The molecule has 5 heteroatoms. The molecule has 0 radical (unpaired) electrons. The maximum atomic E-state index is 5.47. The van der Waals surface area contributed by atoms with Crippen molar-refractivity contribution in [2.75, 3.05) is 14.1 Å². The Labute approximate surface area is 118 Å². The molecule has 0 spiro atoms. The highest BCUT2D eigenvalue weighted by Crippen LogP contribution is 2.38. The van der Waals surface area contributed by atoms with Crippen molar-refractivity contribution < 1.29 is 0 Å². The molecule has 19 heavy (non-hydrogen) atoms. The molecule has 2 heterocycles. The van der Waals surface area contributed by atoms with Crippen molar-refractivity contribution in [2.24, 2.45) is 0 Å². The smallest absolute Gasteiger partial charge is 0.179 e. The second-order valence-corrected chi connectivity index (χ2v) is 6.26. The lowest BCUT2D eigenvalue weighted by Gasteiger charge is -2.47. The van der Waals surface area contributed by atoms with E-state index >= 15 is 0 Å². The van der Waals surface area contributed by atoms with E-state index in [0.29, 0.717) is 0 Å². The van der Waals surface area contributed by atoms with E-state index in [1.165, 1.54) is 19.3 Å². The Balaban J connectivity index is 2.06. The lowest BCUT2D eigenvalue weighted by Crippen LogP contribution is -2.53. The van der Waals surface area contributed by atoms with Gasteiger partial charge in [0.15, 0.2) is 10.4 Å². The van der Waals surface area contributed by atoms with E-state index < -0.39 is 0 Å². The molecule has 1 aliphatic carbocycles. The van der Waals surface area contributed by atoms with Crippen LogP contribution >= 0.6 is 12.2 Å². The van der Waals surface area contributed by atoms with Gasteiger partial charge in [-0.2, -0.15) is 0 Å². The second-order valence-electron chi connectivity index (χ2n) is 5.87. The van der Waals surface area contributed by atoms with Crippen LogP contribution in [0.25, 0.3) is 11.2 Å².